The van der Waals surface area contributed by atoms with Crippen LogP contribution in [-0.4, -0.2) is 11.9 Å². The second-order valence-corrected chi connectivity index (χ2v) is 19.7. The molecule has 0 heterocycles. The Kier molecular flexibility index (Phi) is 11.0. The van der Waals surface area contributed by atoms with Crippen LogP contribution in [0.25, 0.3) is 0 Å². The molecule has 3 aromatic rings. The molecule has 4 rings (SSSR count). The van der Waals surface area contributed by atoms with Crippen LogP contribution < -0.4 is 8.51 Å². The maximum atomic E-state index is 7.27. The van der Waals surface area contributed by atoms with Gasteiger partial charge in [0.1, 0.15) is 0 Å². The van der Waals surface area contributed by atoms with Gasteiger partial charge in [-0.2, -0.15) is 0 Å². The molecule has 0 N–H and O–H groups in total. The molecule has 0 aliphatic heterocycles. The standard InChI is InChI=1S/C13H10.C10H16OSi.C9H13.2ClH.Ti/c1-3-7-12(8-4-1)11-13-9-5-2-6-10-13;1-8-5-9(11)7-10(6-8)12(2,3)4;1-9(2,3)8-6-4-5-7-8;;;/h1-10H;5-7,11H,1-4H3;4,6H,5H2,1-3H3;2*1H;/q;;;;;+1/p-1. The Morgan fingerprint density at radius 1 is 0.811 bits per heavy atom. The van der Waals surface area contributed by atoms with Crippen molar-refractivity contribution < 1.29 is 21.1 Å². The summed E-state index contributed by atoms with van der Waals surface area (Å²) in [6, 6.07) is 28.7. The first-order valence-electron chi connectivity index (χ1n) is 12.6. The number of hydrogen-bond acceptors (Lipinski definition) is 1. The van der Waals surface area contributed by atoms with Crippen molar-refractivity contribution in [3.05, 3.63) is 117 Å². The molecule has 0 spiro atoms. The second-order valence-electron chi connectivity index (χ2n) is 11.6. The maximum absolute atomic E-state index is 7.27. The van der Waals surface area contributed by atoms with E-state index in [-0.39, 0.29) is 30.2 Å². The molecule has 0 atom stereocenters. The normalized spacial score (nSPS) is 13.1. The van der Waals surface area contributed by atoms with Gasteiger partial charge in [-0.15, -0.1) is 24.8 Å². The molecule has 0 aromatic heterocycles. The summed E-state index contributed by atoms with van der Waals surface area (Å²) in [4.78, 5) is 0. The fourth-order valence-electron chi connectivity index (χ4n) is 4.68. The Morgan fingerprint density at radius 2 is 1.35 bits per heavy atom. The van der Waals surface area contributed by atoms with Crippen LogP contribution in [0, 0.1) is 12.3 Å². The van der Waals surface area contributed by atoms with E-state index in [0.29, 0.717) is 0 Å². The molecule has 0 saturated heterocycles. The van der Waals surface area contributed by atoms with E-state index < -0.39 is 25.9 Å². The minimum absolute atomic E-state index is 0. The molecule has 37 heavy (non-hydrogen) atoms. The zero-order valence-electron chi connectivity index (χ0n) is 23.1. The first-order chi connectivity index (χ1) is 16.5. The number of aryl methyl sites for hydroxylation is 1. The van der Waals surface area contributed by atoms with Crippen molar-refractivity contribution in [2.75, 3.05) is 0 Å². The van der Waals surface area contributed by atoms with Gasteiger partial charge in [-0.3, -0.25) is 0 Å². The van der Waals surface area contributed by atoms with Crippen LogP contribution in [-0.2, 0) is 17.8 Å². The van der Waals surface area contributed by atoms with Gasteiger partial charge in [0.15, 0.2) is 0 Å². The smallest absolute Gasteiger partial charge is 0.147 e. The van der Waals surface area contributed by atoms with Gasteiger partial charge in [-0.25, -0.2) is 0 Å². The topological polar surface area (TPSA) is 9.23 Å². The van der Waals surface area contributed by atoms with E-state index >= 15 is 0 Å². The van der Waals surface area contributed by atoms with Gasteiger partial charge in [0, 0.05) is 0 Å². The van der Waals surface area contributed by atoms with E-state index in [1.54, 1.807) is 0 Å². The van der Waals surface area contributed by atoms with Crippen molar-refractivity contribution in [2.24, 2.45) is 5.41 Å². The molecule has 196 valence electrons. The van der Waals surface area contributed by atoms with Crippen molar-refractivity contribution in [3.63, 3.8) is 0 Å². The first-order valence-corrected chi connectivity index (χ1v) is 18.3. The summed E-state index contributed by atoms with van der Waals surface area (Å²) in [6.45, 7) is 16.4. The van der Waals surface area contributed by atoms with Crippen LogP contribution in [0.2, 0.25) is 19.6 Å². The van der Waals surface area contributed by atoms with Gasteiger partial charge in [0.25, 0.3) is 0 Å². The summed E-state index contributed by atoms with van der Waals surface area (Å²) in [7, 11) is -1.47. The Morgan fingerprint density at radius 3 is 1.84 bits per heavy atom. The molecule has 3 aromatic carbocycles. The number of benzene rings is 3. The zero-order valence-corrected chi connectivity index (χ0v) is 27.3. The zero-order chi connectivity index (χ0) is 25.2. The number of hydrogen-bond donors (Lipinski definition) is 0. The summed E-state index contributed by atoms with van der Waals surface area (Å²) < 4.78 is 10.2. The van der Waals surface area contributed by atoms with Gasteiger partial charge in [0.2, 0.25) is 0 Å². The number of halogens is 2. The van der Waals surface area contributed by atoms with Gasteiger partial charge >= 0.3 is 220 Å². The van der Waals surface area contributed by atoms with Crippen molar-refractivity contribution in [1.29, 1.82) is 0 Å². The molecule has 0 fully saturated rings. The molecule has 0 bridgehead atoms. The molecule has 0 amide bonds. The summed E-state index contributed by atoms with van der Waals surface area (Å²) in [6.07, 6.45) is 5.67. The van der Waals surface area contributed by atoms with E-state index in [4.69, 9.17) is 3.32 Å². The van der Waals surface area contributed by atoms with Gasteiger partial charge < -0.3 is 0 Å². The Bertz CT molecular complexity index is 1260. The van der Waals surface area contributed by atoms with Crippen molar-refractivity contribution in [1.82, 2.24) is 0 Å². The Balaban J connectivity index is 0.00000241. The summed E-state index contributed by atoms with van der Waals surface area (Å²) in [5.41, 5.74) is 5.38. The molecule has 0 saturated carbocycles. The van der Waals surface area contributed by atoms with Crippen molar-refractivity contribution in [2.45, 2.75) is 53.8 Å². The monoisotopic (exact) mass is 586 g/mol. The number of allylic oxidation sites excluding steroid dienone is 4. The van der Waals surface area contributed by atoms with Gasteiger partial charge in [-0.1, -0.05) is 0 Å². The van der Waals surface area contributed by atoms with Crippen LogP contribution in [0.15, 0.2) is 100 Å². The van der Waals surface area contributed by atoms with E-state index in [9.17, 15) is 0 Å². The van der Waals surface area contributed by atoms with Crippen LogP contribution in [0.4, 0.5) is 0 Å². The van der Waals surface area contributed by atoms with Crippen LogP contribution in [0.1, 0.15) is 43.9 Å². The molecule has 0 unspecified atom stereocenters. The van der Waals surface area contributed by atoms with Gasteiger partial charge in [-0.05, 0) is 0 Å². The van der Waals surface area contributed by atoms with Crippen LogP contribution in [0.5, 0.6) is 5.75 Å². The maximum Gasteiger partial charge on any atom is -0.147 e. The molecule has 1 nitrogen and oxygen atoms in total. The average molecular weight is 588 g/mol. The van der Waals surface area contributed by atoms with E-state index in [1.807, 2.05) is 0 Å². The average Bonchev–Trinajstić information content (AvgIpc) is 3.30. The van der Waals surface area contributed by atoms with Crippen LogP contribution in [0.3, 0.4) is 0 Å². The van der Waals surface area contributed by atoms with E-state index in [2.05, 4.69) is 138 Å². The molecule has 1 aliphatic carbocycles. The Hall–Kier alpha value is -1.68. The SMILES string of the molecule is Cc1cc([O][Ti]([C]2=C(C(C)(C)C)C=CC2)=[C](c2ccccc2)c2ccccc2)cc([Si](C)(C)C)c1.Cl.Cl. The predicted octanol–water partition coefficient (Wildman–Crippen LogP) is 8.82. The van der Waals surface area contributed by atoms with Crippen LogP contribution >= 0.6 is 24.8 Å². The molecule has 0 radical (unpaired) electrons. The predicted molar refractivity (Wildman–Crippen MR) is 166 cm³/mol. The summed E-state index contributed by atoms with van der Waals surface area (Å²) >= 11 is -2.47. The van der Waals surface area contributed by atoms with E-state index in [1.165, 1.54) is 35.1 Å². The number of rotatable bonds is 6. The molecular weight excluding hydrogens is 547 g/mol. The van der Waals surface area contributed by atoms with E-state index in [0.717, 1.165) is 12.2 Å². The molecule has 1 aliphatic rings. The minimum Gasteiger partial charge on any atom is -0.147 e. The third kappa shape index (κ3) is 7.68. The summed E-state index contributed by atoms with van der Waals surface area (Å²) in [5.74, 6) is 1.04. The quantitative estimate of drug-likeness (QED) is 0.262. The molecule has 5 heteroatoms. The fourth-order valence-corrected chi connectivity index (χ4v) is 10.2. The Labute approximate surface area is 243 Å². The first kappa shape index (κ1) is 31.5. The third-order valence-electron chi connectivity index (χ3n) is 6.50. The largest absolute Gasteiger partial charge is 0.147 e. The summed E-state index contributed by atoms with van der Waals surface area (Å²) in [5, 5.41) is 1.46. The molecular formula is C32H40Cl2OSiTi. The second kappa shape index (κ2) is 12.9. The van der Waals surface area contributed by atoms with Crippen molar-refractivity contribution in [3.8, 4) is 5.75 Å². The fraction of sp³-hybridized carbons (Fsp3) is 0.281. The van der Waals surface area contributed by atoms with Gasteiger partial charge in [0.05, 0.1) is 0 Å². The van der Waals surface area contributed by atoms with Crippen molar-refractivity contribution >= 4 is 41.9 Å². The third-order valence-corrected chi connectivity index (χ3v) is 12.4. The minimum atomic E-state index is -2.47.